The van der Waals surface area contributed by atoms with Gasteiger partial charge < -0.3 is 15.4 Å². The Hall–Kier alpha value is -3.75. The molecule has 0 unspecified atom stereocenters. The first-order valence-electron chi connectivity index (χ1n) is 9.64. The van der Waals surface area contributed by atoms with E-state index in [2.05, 4.69) is 20.7 Å². The number of nitrogens with zero attached hydrogens (tertiary/aromatic N) is 3. The number of alkyl halides is 2. The van der Waals surface area contributed by atoms with E-state index in [1.807, 2.05) is 32.0 Å². The summed E-state index contributed by atoms with van der Waals surface area (Å²) in [6, 6.07) is 11.3. The molecule has 0 spiro atoms. The molecule has 2 heterocycles. The van der Waals surface area contributed by atoms with Crippen LogP contribution in [-0.4, -0.2) is 27.3 Å². The SMILES string of the molecule is CC1=C(C(=O)Nc2ccc(C)cc2C)[C@@H](c2ccccc2OC(F)F)n2ncnc2N1. The van der Waals surface area contributed by atoms with Gasteiger partial charge in [-0.2, -0.15) is 18.9 Å². The summed E-state index contributed by atoms with van der Waals surface area (Å²) in [6.07, 6.45) is 1.34. The molecule has 7 nitrogen and oxygen atoms in total. The highest BCUT2D eigenvalue weighted by atomic mass is 19.3. The number of hydrogen-bond acceptors (Lipinski definition) is 5. The van der Waals surface area contributed by atoms with Crippen LogP contribution in [0, 0.1) is 13.8 Å². The minimum absolute atomic E-state index is 0.0320. The maximum Gasteiger partial charge on any atom is 0.387 e. The fourth-order valence-electron chi connectivity index (χ4n) is 3.73. The number of anilines is 2. The summed E-state index contributed by atoms with van der Waals surface area (Å²) in [5.41, 5.74) is 3.89. The molecule has 0 saturated carbocycles. The van der Waals surface area contributed by atoms with Crippen LogP contribution in [0.15, 0.2) is 60.1 Å². The van der Waals surface area contributed by atoms with Gasteiger partial charge in [-0.3, -0.25) is 4.79 Å². The van der Waals surface area contributed by atoms with Gasteiger partial charge in [0.1, 0.15) is 18.1 Å². The molecule has 1 atom stereocenters. The van der Waals surface area contributed by atoms with E-state index >= 15 is 0 Å². The average molecular weight is 425 g/mol. The molecule has 0 aliphatic carbocycles. The number of carbonyl (C=O) groups is 1. The van der Waals surface area contributed by atoms with E-state index in [1.165, 1.54) is 17.1 Å². The molecule has 1 aliphatic rings. The van der Waals surface area contributed by atoms with Crippen LogP contribution in [0.25, 0.3) is 0 Å². The third kappa shape index (κ3) is 3.98. The summed E-state index contributed by atoms with van der Waals surface area (Å²) in [7, 11) is 0. The highest BCUT2D eigenvalue weighted by Crippen LogP contribution is 2.39. The Bertz CT molecular complexity index is 1170. The number of nitrogens with one attached hydrogen (secondary N) is 2. The van der Waals surface area contributed by atoms with Gasteiger partial charge in [0.15, 0.2) is 0 Å². The van der Waals surface area contributed by atoms with Crippen LogP contribution in [-0.2, 0) is 4.79 Å². The van der Waals surface area contributed by atoms with Gasteiger partial charge in [0.25, 0.3) is 5.91 Å². The van der Waals surface area contributed by atoms with Gasteiger partial charge in [-0.05, 0) is 38.5 Å². The van der Waals surface area contributed by atoms with Crippen molar-refractivity contribution in [3.63, 3.8) is 0 Å². The van der Waals surface area contributed by atoms with Gasteiger partial charge in [0, 0.05) is 16.9 Å². The molecule has 0 saturated heterocycles. The molecule has 1 aromatic heterocycles. The van der Waals surface area contributed by atoms with Crippen LogP contribution < -0.4 is 15.4 Å². The molecular formula is C22H21F2N5O2. The second kappa shape index (κ2) is 8.17. The Kier molecular flexibility index (Phi) is 5.41. The zero-order valence-electron chi connectivity index (χ0n) is 17.2. The van der Waals surface area contributed by atoms with Crippen molar-refractivity contribution in [3.8, 4) is 5.75 Å². The van der Waals surface area contributed by atoms with Crippen LogP contribution in [0.5, 0.6) is 5.75 Å². The smallest absolute Gasteiger partial charge is 0.387 e. The van der Waals surface area contributed by atoms with Crippen molar-refractivity contribution in [3.05, 3.63) is 76.8 Å². The van der Waals surface area contributed by atoms with Gasteiger partial charge in [0.05, 0.1) is 5.57 Å². The number of carbonyl (C=O) groups excluding carboxylic acids is 1. The van der Waals surface area contributed by atoms with Crippen LogP contribution in [0.4, 0.5) is 20.4 Å². The maximum absolute atomic E-state index is 13.4. The maximum atomic E-state index is 13.4. The number of aryl methyl sites for hydroxylation is 2. The van der Waals surface area contributed by atoms with E-state index in [9.17, 15) is 13.6 Å². The number of fused-ring (bicyclic) bond motifs is 1. The second-order valence-corrected chi connectivity index (χ2v) is 7.28. The lowest BCUT2D eigenvalue weighted by Crippen LogP contribution is -2.32. The molecule has 160 valence electrons. The number of ether oxygens (including phenoxy) is 1. The quantitative estimate of drug-likeness (QED) is 0.632. The number of aromatic nitrogens is 3. The van der Waals surface area contributed by atoms with Gasteiger partial charge in [-0.15, -0.1) is 0 Å². The van der Waals surface area contributed by atoms with Crippen molar-refractivity contribution in [2.45, 2.75) is 33.4 Å². The molecule has 1 aliphatic heterocycles. The fourth-order valence-corrected chi connectivity index (χ4v) is 3.73. The van der Waals surface area contributed by atoms with Crippen molar-refractivity contribution in [1.82, 2.24) is 14.8 Å². The summed E-state index contributed by atoms with van der Waals surface area (Å²) in [5.74, 6) is -0.0113. The van der Waals surface area contributed by atoms with Crippen LogP contribution in [0.3, 0.4) is 0 Å². The Balaban J connectivity index is 1.79. The van der Waals surface area contributed by atoms with E-state index in [0.29, 0.717) is 28.5 Å². The fraction of sp³-hybridized carbons (Fsp3) is 0.227. The zero-order chi connectivity index (χ0) is 22.1. The third-order valence-corrected chi connectivity index (χ3v) is 5.10. The summed E-state index contributed by atoms with van der Waals surface area (Å²) in [4.78, 5) is 17.6. The third-order valence-electron chi connectivity index (χ3n) is 5.10. The number of para-hydroxylation sites is 1. The van der Waals surface area contributed by atoms with Crippen molar-refractivity contribution >= 4 is 17.5 Å². The van der Waals surface area contributed by atoms with E-state index < -0.39 is 12.7 Å². The molecule has 1 amide bonds. The molecule has 4 rings (SSSR count). The van der Waals surface area contributed by atoms with Gasteiger partial charge in [-0.1, -0.05) is 35.9 Å². The standard InChI is InChI=1S/C22H21F2N5O2/c1-12-8-9-16(13(2)10-12)28-20(30)18-14(3)27-22-25-11-26-29(22)19(18)15-6-4-5-7-17(15)31-21(23)24/h4-11,19,21H,1-3H3,(H,28,30)(H,25,26,27)/t19-/m1/s1. The molecule has 9 heteroatoms. The number of allylic oxidation sites excluding steroid dienone is 1. The van der Waals surface area contributed by atoms with Gasteiger partial charge >= 0.3 is 6.61 Å². The van der Waals surface area contributed by atoms with E-state index in [-0.39, 0.29) is 11.7 Å². The number of halogens is 2. The molecule has 0 radical (unpaired) electrons. The Labute approximate surface area is 177 Å². The average Bonchev–Trinajstić information content (AvgIpc) is 3.17. The first-order valence-corrected chi connectivity index (χ1v) is 9.64. The van der Waals surface area contributed by atoms with Gasteiger partial charge in [0.2, 0.25) is 5.95 Å². The number of benzene rings is 2. The number of amides is 1. The highest BCUT2D eigenvalue weighted by Gasteiger charge is 2.35. The Morgan fingerprint density at radius 2 is 1.97 bits per heavy atom. The van der Waals surface area contributed by atoms with Gasteiger partial charge in [-0.25, -0.2) is 4.68 Å². The Morgan fingerprint density at radius 1 is 1.19 bits per heavy atom. The number of hydrogen-bond donors (Lipinski definition) is 2. The summed E-state index contributed by atoms with van der Waals surface area (Å²) < 4.78 is 32.3. The lowest BCUT2D eigenvalue weighted by atomic mass is 9.94. The molecule has 0 bridgehead atoms. The van der Waals surface area contributed by atoms with Crippen molar-refractivity contribution < 1.29 is 18.3 Å². The molecule has 31 heavy (non-hydrogen) atoms. The van der Waals surface area contributed by atoms with Crippen molar-refractivity contribution in [2.75, 3.05) is 10.6 Å². The second-order valence-electron chi connectivity index (χ2n) is 7.28. The molecule has 0 fully saturated rings. The lowest BCUT2D eigenvalue weighted by molar-refractivity contribution is -0.113. The summed E-state index contributed by atoms with van der Waals surface area (Å²) in [5, 5.41) is 10.2. The normalized spacial score (nSPS) is 15.5. The van der Waals surface area contributed by atoms with Crippen LogP contribution >= 0.6 is 0 Å². The molecular weight excluding hydrogens is 404 g/mol. The van der Waals surface area contributed by atoms with E-state index in [4.69, 9.17) is 4.74 Å². The summed E-state index contributed by atoms with van der Waals surface area (Å²) in [6.45, 7) is 2.61. The molecule has 2 N–H and O–H groups in total. The van der Waals surface area contributed by atoms with Crippen LogP contribution in [0.1, 0.15) is 29.7 Å². The van der Waals surface area contributed by atoms with Crippen molar-refractivity contribution in [2.24, 2.45) is 0 Å². The first-order chi connectivity index (χ1) is 14.8. The topological polar surface area (TPSA) is 81.1 Å². The largest absolute Gasteiger partial charge is 0.434 e. The van der Waals surface area contributed by atoms with Crippen molar-refractivity contribution in [1.29, 1.82) is 0 Å². The lowest BCUT2D eigenvalue weighted by Gasteiger charge is -2.29. The zero-order valence-corrected chi connectivity index (χ0v) is 17.2. The Morgan fingerprint density at radius 3 is 2.71 bits per heavy atom. The summed E-state index contributed by atoms with van der Waals surface area (Å²) >= 11 is 0. The molecule has 2 aromatic carbocycles. The monoisotopic (exact) mass is 425 g/mol. The van der Waals surface area contributed by atoms with E-state index in [0.717, 1.165) is 11.1 Å². The van der Waals surface area contributed by atoms with E-state index in [1.54, 1.807) is 25.1 Å². The first kappa shape index (κ1) is 20.5. The minimum atomic E-state index is -3.00. The van der Waals surface area contributed by atoms with Crippen LogP contribution in [0.2, 0.25) is 0 Å². The predicted octanol–water partition coefficient (Wildman–Crippen LogP) is 4.42. The predicted molar refractivity (Wildman–Crippen MR) is 112 cm³/mol. The molecule has 3 aromatic rings. The number of rotatable bonds is 5. The highest BCUT2D eigenvalue weighted by molar-refractivity contribution is 6.06. The minimum Gasteiger partial charge on any atom is -0.434 e.